The summed E-state index contributed by atoms with van der Waals surface area (Å²) in [6.45, 7) is 2.70. The SMILES string of the molecule is O=C(NNC(=O)c1ccc(-c2ccc(F)cc2)o1)c1csc(N2CCOCC2)n1. The van der Waals surface area contributed by atoms with Crippen LogP contribution in [0.2, 0.25) is 0 Å². The smallest absolute Gasteiger partial charge is 0.305 e. The molecule has 29 heavy (non-hydrogen) atoms. The van der Waals surface area contributed by atoms with E-state index in [1.807, 2.05) is 4.90 Å². The summed E-state index contributed by atoms with van der Waals surface area (Å²) in [5.41, 5.74) is 5.46. The predicted molar refractivity (Wildman–Crippen MR) is 104 cm³/mol. The van der Waals surface area contributed by atoms with Crippen LogP contribution in [0, 0.1) is 5.82 Å². The van der Waals surface area contributed by atoms with Crippen LogP contribution in [-0.4, -0.2) is 43.1 Å². The van der Waals surface area contributed by atoms with E-state index in [4.69, 9.17) is 9.15 Å². The number of amides is 2. The first kappa shape index (κ1) is 19.1. The minimum absolute atomic E-state index is 0.0110. The van der Waals surface area contributed by atoms with E-state index in [-0.39, 0.29) is 17.3 Å². The maximum absolute atomic E-state index is 13.0. The Labute approximate surface area is 169 Å². The number of anilines is 1. The summed E-state index contributed by atoms with van der Waals surface area (Å²) in [6.07, 6.45) is 0. The van der Waals surface area contributed by atoms with Crippen LogP contribution in [-0.2, 0) is 4.74 Å². The van der Waals surface area contributed by atoms with Crippen LogP contribution in [0.25, 0.3) is 11.3 Å². The second kappa shape index (κ2) is 8.41. The largest absolute Gasteiger partial charge is 0.451 e. The first-order chi connectivity index (χ1) is 14.1. The molecule has 10 heteroatoms. The number of rotatable bonds is 4. The number of hydrogen-bond donors (Lipinski definition) is 2. The quantitative estimate of drug-likeness (QED) is 0.635. The highest BCUT2D eigenvalue weighted by Gasteiger charge is 2.19. The van der Waals surface area contributed by atoms with Crippen LogP contribution < -0.4 is 15.8 Å². The average Bonchev–Trinajstić information content (AvgIpc) is 3.43. The molecule has 1 saturated heterocycles. The Bertz CT molecular complexity index is 1010. The summed E-state index contributed by atoms with van der Waals surface area (Å²) in [5, 5.41) is 2.37. The van der Waals surface area contributed by atoms with E-state index in [0.29, 0.717) is 24.5 Å². The van der Waals surface area contributed by atoms with Crippen LogP contribution in [0.15, 0.2) is 46.2 Å². The summed E-state index contributed by atoms with van der Waals surface area (Å²) < 4.78 is 23.8. The third-order valence-corrected chi connectivity index (χ3v) is 5.16. The lowest BCUT2D eigenvalue weighted by atomic mass is 10.2. The molecule has 0 spiro atoms. The molecule has 0 atom stereocenters. The van der Waals surface area contributed by atoms with Gasteiger partial charge in [0.2, 0.25) is 0 Å². The van der Waals surface area contributed by atoms with Gasteiger partial charge < -0.3 is 14.1 Å². The molecular weight excluding hydrogens is 399 g/mol. The minimum atomic E-state index is -0.615. The molecular formula is C19H17FN4O4S. The molecule has 2 aromatic heterocycles. The Balaban J connectivity index is 1.34. The van der Waals surface area contributed by atoms with Gasteiger partial charge in [-0.25, -0.2) is 9.37 Å². The number of carbonyl (C=O) groups is 2. The Hall–Kier alpha value is -3.24. The fraction of sp³-hybridized carbons (Fsp3) is 0.211. The van der Waals surface area contributed by atoms with Crippen LogP contribution >= 0.6 is 11.3 Å². The first-order valence-corrected chi connectivity index (χ1v) is 9.73. The van der Waals surface area contributed by atoms with Crippen LogP contribution in [0.3, 0.4) is 0 Å². The average molecular weight is 416 g/mol. The third-order valence-electron chi connectivity index (χ3n) is 4.25. The molecule has 150 valence electrons. The number of nitrogens with zero attached hydrogens (tertiary/aromatic N) is 2. The highest BCUT2D eigenvalue weighted by Crippen LogP contribution is 2.23. The van der Waals surface area contributed by atoms with E-state index in [1.54, 1.807) is 23.6 Å². The zero-order chi connectivity index (χ0) is 20.2. The molecule has 1 fully saturated rings. The Morgan fingerprint density at radius 1 is 1.03 bits per heavy atom. The Kier molecular flexibility index (Phi) is 5.54. The fourth-order valence-corrected chi connectivity index (χ4v) is 3.60. The lowest BCUT2D eigenvalue weighted by molar-refractivity contribution is 0.0829. The highest BCUT2D eigenvalue weighted by molar-refractivity contribution is 7.13. The lowest BCUT2D eigenvalue weighted by Gasteiger charge is -2.25. The van der Waals surface area contributed by atoms with Gasteiger partial charge in [0, 0.05) is 24.0 Å². The molecule has 0 bridgehead atoms. The van der Waals surface area contributed by atoms with Crippen LogP contribution in [0.5, 0.6) is 0 Å². The van der Waals surface area contributed by atoms with Gasteiger partial charge in [-0.3, -0.25) is 20.4 Å². The van der Waals surface area contributed by atoms with Crippen LogP contribution in [0.4, 0.5) is 9.52 Å². The van der Waals surface area contributed by atoms with Crippen molar-refractivity contribution in [2.45, 2.75) is 0 Å². The fourth-order valence-electron chi connectivity index (χ4n) is 2.74. The van der Waals surface area contributed by atoms with Crippen molar-refractivity contribution in [1.29, 1.82) is 0 Å². The standard InChI is InChI=1S/C19H17FN4O4S/c20-13-3-1-12(2-4-13)15-5-6-16(28-15)18(26)23-22-17(25)14-11-29-19(21-14)24-7-9-27-10-8-24/h1-6,11H,7-10H2,(H,22,25)(H,23,26). The van der Waals surface area contributed by atoms with Gasteiger partial charge >= 0.3 is 5.91 Å². The molecule has 3 aromatic rings. The molecule has 0 radical (unpaired) electrons. The zero-order valence-electron chi connectivity index (χ0n) is 15.2. The summed E-state index contributed by atoms with van der Waals surface area (Å²) in [5.74, 6) is -1.08. The summed E-state index contributed by atoms with van der Waals surface area (Å²) >= 11 is 1.36. The molecule has 2 amide bonds. The number of halogens is 1. The number of nitrogens with one attached hydrogen (secondary N) is 2. The van der Waals surface area contributed by atoms with Crippen molar-refractivity contribution < 1.29 is 23.1 Å². The second-order valence-electron chi connectivity index (χ2n) is 6.19. The van der Waals surface area contributed by atoms with Gasteiger partial charge in [0.15, 0.2) is 10.9 Å². The molecule has 2 N–H and O–H groups in total. The number of aromatic nitrogens is 1. The Morgan fingerprint density at radius 2 is 1.76 bits per heavy atom. The molecule has 8 nitrogen and oxygen atoms in total. The molecule has 1 aliphatic heterocycles. The van der Waals surface area contributed by atoms with E-state index in [1.165, 1.54) is 29.5 Å². The number of ether oxygens (including phenoxy) is 1. The van der Waals surface area contributed by atoms with Crippen molar-refractivity contribution in [2.24, 2.45) is 0 Å². The molecule has 0 saturated carbocycles. The topological polar surface area (TPSA) is 96.7 Å². The summed E-state index contributed by atoms with van der Waals surface area (Å²) in [7, 11) is 0. The van der Waals surface area contributed by atoms with Gasteiger partial charge in [0.1, 0.15) is 17.3 Å². The van der Waals surface area contributed by atoms with Crippen molar-refractivity contribution in [3.05, 3.63) is 59.0 Å². The maximum atomic E-state index is 13.0. The van der Waals surface area contributed by atoms with E-state index in [0.717, 1.165) is 18.2 Å². The molecule has 0 unspecified atom stereocenters. The van der Waals surface area contributed by atoms with Gasteiger partial charge in [-0.15, -0.1) is 11.3 Å². The van der Waals surface area contributed by atoms with Gasteiger partial charge in [0.05, 0.1) is 13.2 Å². The van der Waals surface area contributed by atoms with Gasteiger partial charge in [-0.05, 0) is 36.4 Å². The van der Waals surface area contributed by atoms with Crippen molar-refractivity contribution in [2.75, 3.05) is 31.2 Å². The number of morpholine rings is 1. The first-order valence-electron chi connectivity index (χ1n) is 8.85. The summed E-state index contributed by atoms with van der Waals surface area (Å²) in [6, 6.07) is 8.77. The van der Waals surface area contributed by atoms with E-state index >= 15 is 0 Å². The number of thiazole rings is 1. The summed E-state index contributed by atoms with van der Waals surface area (Å²) in [4.78, 5) is 30.8. The van der Waals surface area contributed by atoms with Gasteiger partial charge in [-0.2, -0.15) is 0 Å². The Morgan fingerprint density at radius 3 is 2.52 bits per heavy atom. The monoisotopic (exact) mass is 416 g/mol. The normalized spacial score (nSPS) is 13.9. The van der Waals surface area contributed by atoms with E-state index in [9.17, 15) is 14.0 Å². The predicted octanol–water partition coefficient (Wildman–Crippen LogP) is 2.45. The van der Waals surface area contributed by atoms with Crippen molar-refractivity contribution in [1.82, 2.24) is 15.8 Å². The zero-order valence-corrected chi connectivity index (χ0v) is 16.0. The number of hydrogen-bond acceptors (Lipinski definition) is 7. The number of furan rings is 1. The van der Waals surface area contributed by atoms with Crippen LogP contribution in [0.1, 0.15) is 21.0 Å². The molecule has 0 aliphatic carbocycles. The third kappa shape index (κ3) is 4.44. The molecule has 1 aromatic carbocycles. The molecule has 3 heterocycles. The minimum Gasteiger partial charge on any atom is -0.451 e. The number of carbonyl (C=O) groups excluding carboxylic acids is 2. The maximum Gasteiger partial charge on any atom is 0.305 e. The van der Waals surface area contributed by atoms with Crippen molar-refractivity contribution in [3.8, 4) is 11.3 Å². The lowest BCUT2D eigenvalue weighted by Crippen LogP contribution is -2.41. The van der Waals surface area contributed by atoms with E-state index in [2.05, 4.69) is 15.8 Å². The van der Waals surface area contributed by atoms with Gasteiger partial charge in [-0.1, -0.05) is 0 Å². The second-order valence-corrected chi connectivity index (χ2v) is 7.03. The molecule has 1 aliphatic rings. The highest BCUT2D eigenvalue weighted by atomic mass is 32.1. The molecule has 4 rings (SSSR count). The number of hydrazine groups is 1. The van der Waals surface area contributed by atoms with Gasteiger partial charge in [0.25, 0.3) is 5.91 Å². The van der Waals surface area contributed by atoms with Crippen molar-refractivity contribution in [3.63, 3.8) is 0 Å². The van der Waals surface area contributed by atoms with E-state index < -0.39 is 11.8 Å². The number of benzene rings is 1. The van der Waals surface area contributed by atoms with Crippen molar-refractivity contribution >= 4 is 28.3 Å².